The van der Waals surface area contributed by atoms with Crippen molar-refractivity contribution in [1.29, 1.82) is 0 Å². The SMILES string of the molecule is CC(Nc1ccc(C(=O)NC2CC2)cc1)C(=O)N(C)CCOc1ccc(Cl)cc1. The zero-order chi connectivity index (χ0) is 20.8. The van der Waals surface area contributed by atoms with Crippen molar-refractivity contribution in [3.63, 3.8) is 0 Å². The largest absolute Gasteiger partial charge is 0.492 e. The quantitative estimate of drug-likeness (QED) is 0.656. The molecule has 1 aliphatic carbocycles. The summed E-state index contributed by atoms with van der Waals surface area (Å²) in [5.41, 5.74) is 1.41. The molecule has 2 aromatic rings. The van der Waals surface area contributed by atoms with E-state index in [1.165, 1.54) is 0 Å². The zero-order valence-electron chi connectivity index (χ0n) is 16.7. The summed E-state index contributed by atoms with van der Waals surface area (Å²) in [6, 6.07) is 14.2. The van der Waals surface area contributed by atoms with Gasteiger partial charge >= 0.3 is 0 Å². The maximum absolute atomic E-state index is 12.6. The summed E-state index contributed by atoms with van der Waals surface area (Å²) in [6.07, 6.45) is 2.12. The number of hydrogen-bond acceptors (Lipinski definition) is 4. The number of amides is 2. The Morgan fingerprint density at radius 1 is 1.14 bits per heavy atom. The number of carbonyl (C=O) groups is 2. The van der Waals surface area contributed by atoms with E-state index in [1.54, 1.807) is 48.3 Å². The molecule has 29 heavy (non-hydrogen) atoms. The molecule has 1 atom stereocenters. The fraction of sp³-hybridized carbons (Fsp3) is 0.364. The van der Waals surface area contributed by atoms with Gasteiger partial charge in [0.1, 0.15) is 18.4 Å². The van der Waals surface area contributed by atoms with Crippen LogP contribution in [-0.2, 0) is 4.79 Å². The molecule has 0 spiro atoms. The van der Waals surface area contributed by atoms with Crippen LogP contribution >= 0.6 is 11.6 Å². The van der Waals surface area contributed by atoms with Crippen molar-refractivity contribution in [2.75, 3.05) is 25.5 Å². The van der Waals surface area contributed by atoms with Crippen LogP contribution in [0.3, 0.4) is 0 Å². The number of likely N-dealkylation sites (N-methyl/N-ethyl adjacent to an activating group) is 1. The van der Waals surface area contributed by atoms with Gasteiger partial charge in [-0.25, -0.2) is 0 Å². The molecule has 0 saturated heterocycles. The first-order chi connectivity index (χ1) is 13.9. The number of benzene rings is 2. The Balaban J connectivity index is 1.43. The van der Waals surface area contributed by atoms with Crippen molar-refractivity contribution in [3.8, 4) is 5.75 Å². The highest BCUT2D eigenvalue weighted by atomic mass is 35.5. The van der Waals surface area contributed by atoms with Gasteiger partial charge in [0.2, 0.25) is 5.91 Å². The smallest absolute Gasteiger partial charge is 0.251 e. The van der Waals surface area contributed by atoms with Gasteiger partial charge in [0, 0.05) is 29.4 Å². The average Bonchev–Trinajstić information content (AvgIpc) is 3.53. The summed E-state index contributed by atoms with van der Waals surface area (Å²) in [5.74, 6) is 0.621. The number of halogens is 1. The Labute approximate surface area is 176 Å². The Kier molecular flexibility index (Phi) is 6.99. The second kappa shape index (κ2) is 9.65. The molecule has 3 rings (SSSR count). The fourth-order valence-electron chi connectivity index (χ4n) is 2.80. The van der Waals surface area contributed by atoms with Gasteiger partial charge < -0.3 is 20.3 Å². The van der Waals surface area contributed by atoms with Crippen LogP contribution in [0.1, 0.15) is 30.1 Å². The maximum Gasteiger partial charge on any atom is 0.251 e. The monoisotopic (exact) mass is 415 g/mol. The minimum atomic E-state index is -0.401. The Bertz CT molecular complexity index is 835. The molecule has 0 bridgehead atoms. The van der Waals surface area contributed by atoms with Crippen LogP contribution in [0.4, 0.5) is 5.69 Å². The highest BCUT2D eigenvalue weighted by Crippen LogP contribution is 2.20. The van der Waals surface area contributed by atoms with E-state index < -0.39 is 6.04 Å². The molecule has 6 nitrogen and oxygen atoms in total. The van der Waals surface area contributed by atoms with Crippen LogP contribution in [0.5, 0.6) is 5.75 Å². The number of nitrogens with one attached hydrogen (secondary N) is 2. The van der Waals surface area contributed by atoms with E-state index in [4.69, 9.17) is 16.3 Å². The highest BCUT2D eigenvalue weighted by molar-refractivity contribution is 6.30. The number of carbonyl (C=O) groups excluding carboxylic acids is 2. The van der Waals surface area contributed by atoms with Crippen LogP contribution in [0.2, 0.25) is 5.02 Å². The van der Waals surface area contributed by atoms with Gasteiger partial charge in [-0.15, -0.1) is 0 Å². The van der Waals surface area contributed by atoms with Crippen LogP contribution in [0, 0.1) is 0 Å². The molecule has 0 aliphatic heterocycles. The van der Waals surface area contributed by atoms with Crippen molar-refractivity contribution in [3.05, 3.63) is 59.1 Å². The van der Waals surface area contributed by atoms with Crippen molar-refractivity contribution in [2.45, 2.75) is 31.8 Å². The lowest BCUT2D eigenvalue weighted by Crippen LogP contribution is -2.40. The third-order valence-corrected chi connectivity index (χ3v) is 4.95. The third kappa shape index (κ3) is 6.39. The van der Waals surface area contributed by atoms with Gasteiger partial charge in [0.15, 0.2) is 0 Å². The number of rotatable bonds is 9. The van der Waals surface area contributed by atoms with Crippen molar-refractivity contribution in [2.24, 2.45) is 0 Å². The molecule has 1 unspecified atom stereocenters. The Morgan fingerprint density at radius 2 is 1.79 bits per heavy atom. The molecule has 1 saturated carbocycles. The normalized spacial score (nSPS) is 14.0. The zero-order valence-corrected chi connectivity index (χ0v) is 17.4. The van der Waals surface area contributed by atoms with Crippen LogP contribution < -0.4 is 15.4 Å². The van der Waals surface area contributed by atoms with E-state index >= 15 is 0 Å². The molecule has 0 aromatic heterocycles. The number of ether oxygens (including phenoxy) is 1. The minimum absolute atomic E-state index is 0.0414. The molecule has 154 valence electrons. The first-order valence-electron chi connectivity index (χ1n) is 9.73. The Morgan fingerprint density at radius 3 is 2.41 bits per heavy atom. The van der Waals surface area contributed by atoms with Crippen molar-refractivity contribution in [1.82, 2.24) is 10.2 Å². The van der Waals surface area contributed by atoms with Crippen LogP contribution in [0.25, 0.3) is 0 Å². The van der Waals surface area contributed by atoms with E-state index in [9.17, 15) is 9.59 Å². The summed E-state index contributed by atoms with van der Waals surface area (Å²) < 4.78 is 5.64. The van der Waals surface area contributed by atoms with Gasteiger partial charge in [-0.05, 0) is 68.3 Å². The minimum Gasteiger partial charge on any atom is -0.492 e. The molecule has 0 radical (unpaired) electrons. The predicted octanol–water partition coefficient (Wildman–Crippen LogP) is 3.57. The van der Waals surface area contributed by atoms with Crippen molar-refractivity contribution >= 4 is 29.1 Å². The molecule has 7 heteroatoms. The summed E-state index contributed by atoms with van der Waals surface area (Å²) in [5, 5.41) is 6.79. The molecular formula is C22H26ClN3O3. The number of anilines is 1. The van der Waals surface area contributed by atoms with E-state index in [1.807, 2.05) is 19.1 Å². The maximum atomic E-state index is 12.6. The van der Waals surface area contributed by atoms with Gasteiger partial charge in [0.25, 0.3) is 5.91 Å². The lowest BCUT2D eigenvalue weighted by atomic mass is 10.1. The van der Waals surface area contributed by atoms with Gasteiger partial charge in [0.05, 0.1) is 6.54 Å². The molecule has 1 fully saturated rings. The molecule has 2 N–H and O–H groups in total. The second-order valence-corrected chi connectivity index (χ2v) is 7.69. The summed E-state index contributed by atoms with van der Waals surface area (Å²) in [7, 11) is 1.75. The first-order valence-corrected chi connectivity index (χ1v) is 10.1. The van der Waals surface area contributed by atoms with E-state index in [0.717, 1.165) is 18.5 Å². The number of hydrogen-bond donors (Lipinski definition) is 2. The lowest BCUT2D eigenvalue weighted by Gasteiger charge is -2.23. The summed E-state index contributed by atoms with van der Waals surface area (Å²) in [6.45, 7) is 2.67. The average molecular weight is 416 g/mol. The summed E-state index contributed by atoms with van der Waals surface area (Å²) in [4.78, 5) is 26.2. The van der Waals surface area contributed by atoms with E-state index in [0.29, 0.717) is 35.5 Å². The lowest BCUT2D eigenvalue weighted by molar-refractivity contribution is -0.130. The fourth-order valence-corrected chi connectivity index (χ4v) is 2.92. The number of nitrogens with zero attached hydrogens (tertiary/aromatic N) is 1. The molecular weight excluding hydrogens is 390 g/mol. The van der Waals surface area contributed by atoms with Crippen LogP contribution in [-0.4, -0.2) is 49.0 Å². The van der Waals surface area contributed by atoms with E-state index in [2.05, 4.69) is 10.6 Å². The molecule has 2 amide bonds. The standard InChI is InChI=1S/C22H26ClN3O3/c1-15(22(28)26(2)13-14-29-20-11-5-17(23)6-12-20)24-18-7-3-16(4-8-18)21(27)25-19-9-10-19/h3-8,11-12,15,19,24H,9-10,13-14H2,1-2H3,(H,25,27). The van der Waals surface area contributed by atoms with Crippen molar-refractivity contribution < 1.29 is 14.3 Å². The highest BCUT2D eigenvalue weighted by Gasteiger charge is 2.23. The van der Waals surface area contributed by atoms with E-state index in [-0.39, 0.29) is 11.8 Å². The Hall–Kier alpha value is -2.73. The molecule has 2 aromatic carbocycles. The van der Waals surface area contributed by atoms with Crippen LogP contribution in [0.15, 0.2) is 48.5 Å². The predicted molar refractivity (Wildman–Crippen MR) is 115 cm³/mol. The van der Waals surface area contributed by atoms with Gasteiger partial charge in [-0.1, -0.05) is 11.6 Å². The first kappa shape index (κ1) is 21.0. The molecule has 0 heterocycles. The van der Waals surface area contributed by atoms with Gasteiger partial charge in [-0.2, -0.15) is 0 Å². The molecule has 1 aliphatic rings. The third-order valence-electron chi connectivity index (χ3n) is 4.70. The second-order valence-electron chi connectivity index (χ2n) is 7.25. The van der Waals surface area contributed by atoms with Gasteiger partial charge in [-0.3, -0.25) is 9.59 Å². The summed E-state index contributed by atoms with van der Waals surface area (Å²) >= 11 is 5.85. The topological polar surface area (TPSA) is 70.7 Å².